The highest BCUT2D eigenvalue weighted by Gasteiger charge is 2.30. The van der Waals surface area contributed by atoms with E-state index >= 15 is 0 Å². The standard InChI is InChI=1S/C14H22N4OS/c1-4-5-15-12-9-16-11(8-17-12)13(19)18-6-7-20-14(2,3)10-18/h8-9H,4-7,10H2,1-3H3,(H,15,17). The maximum absolute atomic E-state index is 12.4. The monoisotopic (exact) mass is 294 g/mol. The third kappa shape index (κ3) is 3.85. The smallest absolute Gasteiger partial charge is 0.274 e. The predicted octanol–water partition coefficient (Wildman–Crippen LogP) is 2.27. The van der Waals surface area contributed by atoms with Crippen LogP contribution in [-0.2, 0) is 0 Å². The molecule has 1 saturated heterocycles. The molecule has 1 N–H and O–H groups in total. The Bertz CT molecular complexity index is 461. The van der Waals surface area contributed by atoms with E-state index < -0.39 is 0 Å². The highest BCUT2D eigenvalue weighted by molar-refractivity contribution is 8.00. The molecule has 1 aromatic heterocycles. The van der Waals surface area contributed by atoms with E-state index in [1.165, 1.54) is 0 Å². The number of carbonyl (C=O) groups excluding carboxylic acids is 1. The summed E-state index contributed by atoms with van der Waals surface area (Å²) < 4.78 is 0.115. The number of carbonyl (C=O) groups is 1. The van der Waals surface area contributed by atoms with E-state index in [9.17, 15) is 4.79 Å². The van der Waals surface area contributed by atoms with Gasteiger partial charge in [-0.3, -0.25) is 4.79 Å². The van der Waals surface area contributed by atoms with E-state index in [-0.39, 0.29) is 10.7 Å². The van der Waals surface area contributed by atoms with Gasteiger partial charge < -0.3 is 10.2 Å². The van der Waals surface area contributed by atoms with E-state index in [0.29, 0.717) is 5.69 Å². The molecule has 110 valence electrons. The molecule has 2 rings (SSSR count). The van der Waals surface area contributed by atoms with Crippen LogP contribution in [0, 0.1) is 0 Å². The molecule has 2 heterocycles. The van der Waals surface area contributed by atoms with Crippen LogP contribution in [0.1, 0.15) is 37.7 Å². The van der Waals surface area contributed by atoms with Gasteiger partial charge in [0.1, 0.15) is 11.5 Å². The number of anilines is 1. The van der Waals surface area contributed by atoms with Crippen LogP contribution in [0.25, 0.3) is 0 Å². The van der Waals surface area contributed by atoms with E-state index in [1.54, 1.807) is 12.4 Å². The lowest BCUT2D eigenvalue weighted by Crippen LogP contribution is -2.46. The van der Waals surface area contributed by atoms with Crippen molar-refractivity contribution >= 4 is 23.5 Å². The van der Waals surface area contributed by atoms with Gasteiger partial charge in [-0.05, 0) is 20.3 Å². The first-order valence-electron chi connectivity index (χ1n) is 7.01. The van der Waals surface area contributed by atoms with Gasteiger partial charge >= 0.3 is 0 Å². The molecule has 0 bridgehead atoms. The van der Waals surface area contributed by atoms with Gasteiger partial charge in [-0.2, -0.15) is 11.8 Å². The van der Waals surface area contributed by atoms with Crippen LogP contribution < -0.4 is 5.32 Å². The zero-order chi connectivity index (χ0) is 14.6. The van der Waals surface area contributed by atoms with Crippen LogP contribution in [0.15, 0.2) is 12.4 Å². The van der Waals surface area contributed by atoms with Gasteiger partial charge in [-0.25, -0.2) is 9.97 Å². The van der Waals surface area contributed by atoms with Crippen molar-refractivity contribution in [2.24, 2.45) is 0 Å². The first kappa shape index (κ1) is 15.1. The fourth-order valence-electron chi connectivity index (χ4n) is 2.13. The fourth-order valence-corrected chi connectivity index (χ4v) is 3.25. The van der Waals surface area contributed by atoms with Crippen molar-refractivity contribution in [2.75, 3.05) is 30.7 Å². The average Bonchev–Trinajstić information content (AvgIpc) is 2.44. The molecule has 0 aliphatic carbocycles. The van der Waals surface area contributed by atoms with Crippen molar-refractivity contribution in [3.05, 3.63) is 18.1 Å². The first-order chi connectivity index (χ1) is 9.52. The summed E-state index contributed by atoms with van der Waals surface area (Å²) >= 11 is 1.91. The quantitative estimate of drug-likeness (QED) is 0.923. The van der Waals surface area contributed by atoms with E-state index in [0.717, 1.165) is 37.6 Å². The SMILES string of the molecule is CCCNc1cnc(C(=O)N2CCSC(C)(C)C2)cn1. The maximum atomic E-state index is 12.4. The number of hydrogen-bond donors (Lipinski definition) is 1. The number of nitrogens with zero attached hydrogens (tertiary/aromatic N) is 3. The minimum absolute atomic E-state index is 0.0204. The highest BCUT2D eigenvalue weighted by atomic mass is 32.2. The molecule has 0 atom stereocenters. The van der Waals surface area contributed by atoms with Gasteiger partial charge in [0, 0.05) is 30.1 Å². The normalized spacial score (nSPS) is 17.9. The molecular formula is C14H22N4OS. The molecule has 1 aliphatic heterocycles. The molecule has 1 fully saturated rings. The molecule has 1 aliphatic rings. The molecule has 0 unspecified atom stereocenters. The van der Waals surface area contributed by atoms with Crippen molar-refractivity contribution in [1.29, 1.82) is 0 Å². The van der Waals surface area contributed by atoms with Crippen LogP contribution in [0.2, 0.25) is 0 Å². The van der Waals surface area contributed by atoms with Gasteiger partial charge in [0.25, 0.3) is 5.91 Å². The van der Waals surface area contributed by atoms with Crippen molar-refractivity contribution in [2.45, 2.75) is 31.9 Å². The molecule has 5 nitrogen and oxygen atoms in total. The molecule has 20 heavy (non-hydrogen) atoms. The summed E-state index contributed by atoms with van der Waals surface area (Å²) in [6.45, 7) is 8.83. The summed E-state index contributed by atoms with van der Waals surface area (Å²) in [6, 6.07) is 0. The average molecular weight is 294 g/mol. The Hall–Kier alpha value is -1.30. The molecule has 1 aromatic rings. The summed E-state index contributed by atoms with van der Waals surface area (Å²) in [5.74, 6) is 1.67. The Morgan fingerprint density at radius 2 is 2.25 bits per heavy atom. The molecular weight excluding hydrogens is 272 g/mol. The molecule has 6 heteroatoms. The number of nitrogens with one attached hydrogen (secondary N) is 1. The highest BCUT2D eigenvalue weighted by Crippen LogP contribution is 2.29. The number of amides is 1. The second-order valence-corrected chi connectivity index (χ2v) is 7.35. The summed E-state index contributed by atoms with van der Waals surface area (Å²) in [5, 5.41) is 3.15. The second kappa shape index (κ2) is 6.43. The molecule has 0 aromatic carbocycles. The van der Waals surface area contributed by atoms with Crippen LogP contribution in [0.5, 0.6) is 0 Å². The van der Waals surface area contributed by atoms with E-state index in [4.69, 9.17) is 0 Å². The Labute approximate surface area is 124 Å². The Balaban J connectivity index is 2.01. The van der Waals surface area contributed by atoms with Gasteiger partial charge in [-0.15, -0.1) is 0 Å². The Morgan fingerprint density at radius 3 is 2.85 bits per heavy atom. The fraction of sp³-hybridized carbons (Fsp3) is 0.643. The number of aromatic nitrogens is 2. The number of hydrogen-bond acceptors (Lipinski definition) is 5. The predicted molar refractivity (Wildman–Crippen MR) is 83.3 cm³/mol. The van der Waals surface area contributed by atoms with Gasteiger partial charge in [0.05, 0.1) is 12.4 Å². The van der Waals surface area contributed by atoms with Crippen molar-refractivity contribution < 1.29 is 4.79 Å². The zero-order valence-electron chi connectivity index (χ0n) is 12.3. The Kier molecular flexibility index (Phi) is 4.86. The first-order valence-corrected chi connectivity index (χ1v) is 7.99. The summed E-state index contributed by atoms with van der Waals surface area (Å²) in [6.07, 6.45) is 4.23. The van der Waals surface area contributed by atoms with Crippen molar-refractivity contribution in [3.63, 3.8) is 0 Å². The number of thioether (sulfide) groups is 1. The van der Waals surface area contributed by atoms with Gasteiger partial charge in [0.2, 0.25) is 0 Å². The van der Waals surface area contributed by atoms with Gasteiger partial charge in [-0.1, -0.05) is 6.92 Å². The topological polar surface area (TPSA) is 58.1 Å². The van der Waals surface area contributed by atoms with Crippen molar-refractivity contribution in [3.8, 4) is 0 Å². The third-order valence-electron chi connectivity index (χ3n) is 3.14. The molecule has 0 spiro atoms. The van der Waals surface area contributed by atoms with Crippen LogP contribution in [-0.4, -0.2) is 50.9 Å². The molecule has 0 saturated carbocycles. The lowest BCUT2D eigenvalue weighted by Gasteiger charge is -2.37. The Morgan fingerprint density at radius 1 is 1.45 bits per heavy atom. The maximum Gasteiger partial charge on any atom is 0.274 e. The summed E-state index contributed by atoms with van der Waals surface area (Å²) in [5.41, 5.74) is 0.426. The third-order valence-corrected chi connectivity index (χ3v) is 4.44. The van der Waals surface area contributed by atoms with Crippen LogP contribution in [0.3, 0.4) is 0 Å². The lowest BCUT2D eigenvalue weighted by molar-refractivity contribution is 0.0741. The minimum Gasteiger partial charge on any atom is -0.369 e. The largest absolute Gasteiger partial charge is 0.369 e. The molecule has 0 radical (unpaired) electrons. The number of rotatable bonds is 4. The van der Waals surface area contributed by atoms with Gasteiger partial charge in [0.15, 0.2) is 0 Å². The van der Waals surface area contributed by atoms with E-state index in [2.05, 4.69) is 36.1 Å². The van der Waals surface area contributed by atoms with Crippen molar-refractivity contribution in [1.82, 2.24) is 14.9 Å². The zero-order valence-corrected chi connectivity index (χ0v) is 13.2. The molecule has 1 amide bonds. The van der Waals surface area contributed by atoms with Crippen LogP contribution in [0.4, 0.5) is 5.82 Å². The summed E-state index contributed by atoms with van der Waals surface area (Å²) in [7, 11) is 0. The minimum atomic E-state index is -0.0204. The second-order valence-electron chi connectivity index (χ2n) is 5.55. The lowest BCUT2D eigenvalue weighted by atomic mass is 10.2. The van der Waals surface area contributed by atoms with Crippen LogP contribution >= 0.6 is 11.8 Å². The summed E-state index contributed by atoms with van der Waals surface area (Å²) in [4.78, 5) is 22.8. The van der Waals surface area contributed by atoms with E-state index in [1.807, 2.05) is 16.7 Å².